The Labute approximate surface area is 145 Å². The molecule has 24 heavy (non-hydrogen) atoms. The van der Waals surface area contributed by atoms with E-state index in [2.05, 4.69) is 6.92 Å². The maximum Gasteiger partial charge on any atom is 0.139 e. The van der Waals surface area contributed by atoms with E-state index in [0.29, 0.717) is 18.1 Å². The number of carbonyl (C=O) groups is 1. The first-order valence-corrected chi connectivity index (χ1v) is 9.89. The smallest absolute Gasteiger partial charge is 0.139 e. The molecule has 3 rings (SSSR count). The maximum absolute atomic E-state index is 13.2. The first-order chi connectivity index (χ1) is 11.4. The maximum atomic E-state index is 13.2. The number of ketones is 1. The predicted octanol–water partition coefficient (Wildman–Crippen LogP) is 2.54. The van der Waals surface area contributed by atoms with Gasteiger partial charge in [-0.1, -0.05) is 6.92 Å². The fourth-order valence-electron chi connectivity index (χ4n) is 6.50. The van der Waals surface area contributed by atoms with Crippen LogP contribution in [-0.4, -0.2) is 39.9 Å². The first kappa shape index (κ1) is 18.3. The summed E-state index contributed by atoms with van der Waals surface area (Å²) < 4.78 is 0. The van der Waals surface area contributed by atoms with Gasteiger partial charge in [0, 0.05) is 18.4 Å². The summed E-state index contributed by atoms with van der Waals surface area (Å²) in [4.78, 5) is 13.2. The van der Waals surface area contributed by atoms with Gasteiger partial charge in [-0.25, -0.2) is 0 Å². The Bertz CT molecular complexity index is 463. The minimum absolute atomic E-state index is 0.0850. The van der Waals surface area contributed by atoms with Gasteiger partial charge in [0.25, 0.3) is 0 Å². The second kappa shape index (κ2) is 7.05. The highest BCUT2D eigenvalue weighted by Gasteiger charge is 2.54. The van der Waals surface area contributed by atoms with E-state index in [4.69, 9.17) is 0 Å². The van der Waals surface area contributed by atoms with Gasteiger partial charge in [0.1, 0.15) is 5.78 Å². The molecule has 8 unspecified atom stereocenters. The molecule has 0 heterocycles. The molecule has 8 atom stereocenters. The van der Waals surface area contributed by atoms with Crippen molar-refractivity contribution in [3.05, 3.63) is 0 Å². The Morgan fingerprint density at radius 2 is 1.83 bits per heavy atom. The minimum atomic E-state index is -0.386. The lowest BCUT2D eigenvalue weighted by Gasteiger charge is -2.46. The molecule has 0 aromatic heterocycles. The van der Waals surface area contributed by atoms with Gasteiger partial charge in [-0.15, -0.1) is 0 Å². The zero-order valence-corrected chi connectivity index (χ0v) is 15.2. The monoisotopic (exact) mass is 338 g/mol. The molecule has 4 nitrogen and oxygen atoms in total. The van der Waals surface area contributed by atoms with Crippen molar-refractivity contribution in [1.82, 2.24) is 0 Å². The van der Waals surface area contributed by atoms with Crippen LogP contribution in [0.4, 0.5) is 0 Å². The molecule has 0 amide bonds. The van der Waals surface area contributed by atoms with E-state index < -0.39 is 0 Å². The lowest BCUT2D eigenvalue weighted by Crippen LogP contribution is -2.46. The SMILES string of the molecule is CC(O)C1CCC(C2CCC3CC(O)CCC3C2=O)C1(C)CCO. The van der Waals surface area contributed by atoms with Crippen LogP contribution in [0.5, 0.6) is 0 Å². The summed E-state index contributed by atoms with van der Waals surface area (Å²) in [6.45, 7) is 4.15. The van der Waals surface area contributed by atoms with E-state index in [9.17, 15) is 20.1 Å². The predicted molar refractivity (Wildman–Crippen MR) is 92.3 cm³/mol. The van der Waals surface area contributed by atoms with E-state index in [1.807, 2.05) is 6.92 Å². The number of Topliss-reactive ketones (excluding diaryl/α,β-unsaturated/α-hetero) is 1. The van der Waals surface area contributed by atoms with Crippen LogP contribution in [0.25, 0.3) is 0 Å². The van der Waals surface area contributed by atoms with E-state index in [0.717, 1.165) is 44.9 Å². The Morgan fingerprint density at radius 1 is 1.12 bits per heavy atom. The molecule has 3 aliphatic rings. The molecule has 4 heteroatoms. The third kappa shape index (κ3) is 3.06. The van der Waals surface area contributed by atoms with Crippen LogP contribution in [0.2, 0.25) is 0 Å². The molecule has 0 aliphatic heterocycles. The number of rotatable bonds is 4. The average Bonchev–Trinajstić information content (AvgIpc) is 2.85. The van der Waals surface area contributed by atoms with Crippen LogP contribution in [-0.2, 0) is 4.79 Å². The number of hydrogen-bond donors (Lipinski definition) is 3. The molecule has 0 saturated heterocycles. The molecule has 3 aliphatic carbocycles. The molecule has 0 spiro atoms. The Balaban J connectivity index is 1.79. The van der Waals surface area contributed by atoms with Crippen LogP contribution in [0.3, 0.4) is 0 Å². The normalized spacial score (nSPS) is 47.5. The number of aliphatic hydroxyl groups excluding tert-OH is 3. The lowest BCUT2D eigenvalue weighted by atomic mass is 9.58. The van der Waals surface area contributed by atoms with Crippen molar-refractivity contribution in [2.45, 2.75) is 77.4 Å². The molecule has 0 aromatic rings. The van der Waals surface area contributed by atoms with Crippen molar-refractivity contribution in [1.29, 1.82) is 0 Å². The number of carbonyl (C=O) groups excluding carboxylic acids is 1. The fraction of sp³-hybridized carbons (Fsp3) is 0.950. The molecule has 0 radical (unpaired) electrons. The summed E-state index contributed by atoms with van der Waals surface area (Å²) >= 11 is 0. The Morgan fingerprint density at radius 3 is 2.50 bits per heavy atom. The standard InChI is InChI=1S/C20H34O4/c1-12(22)17-7-8-18(20(17,2)9-10-21)16-5-3-13-11-14(23)4-6-15(13)19(16)24/h12-18,21-23H,3-11H2,1-2H3. The van der Waals surface area contributed by atoms with E-state index in [1.54, 1.807) is 0 Å². The van der Waals surface area contributed by atoms with Gasteiger partial charge in [-0.05, 0) is 81.5 Å². The zero-order chi connectivity index (χ0) is 17.5. The van der Waals surface area contributed by atoms with Crippen molar-refractivity contribution in [2.75, 3.05) is 6.61 Å². The van der Waals surface area contributed by atoms with Gasteiger partial charge >= 0.3 is 0 Å². The summed E-state index contributed by atoms with van der Waals surface area (Å²) in [7, 11) is 0. The van der Waals surface area contributed by atoms with Gasteiger partial charge in [0.15, 0.2) is 0 Å². The molecule has 3 fully saturated rings. The van der Waals surface area contributed by atoms with Crippen LogP contribution in [0, 0.1) is 35.0 Å². The fourth-order valence-corrected chi connectivity index (χ4v) is 6.50. The highest BCUT2D eigenvalue weighted by molar-refractivity contribution is 5.85. The van der Waals surface area contributed by atoms with Crippen molar-refractivity contribution >= 4 is 5.78 Å². The van der Waals surface area contributed by atoms with Crippen molar-refractivity contribution in [2.24, 2.45) is 35.0 Å². The van der Waals surface area contributed by atoms with Crippen molar-refractivity contribution in [3.8, 4) is 0 Å². The van der Waals surface area contributed by atoms with Crippen molar-refractivity contribution < 1.29 is 20.1 Å². The van der Waals surface area contributed by atoms with Crippen molar-refractivity contribution in [3.63, 3.8) is 0 Å². The van der Waals surface area contributed by atoms with Crippen LogP contribution in [0.1, 0.15) is 65.2 Å². The van der Waals surface area contributed by atoms with Gasteiger partial charge < -0.3 is 15.3 Å². The number of fused-ring (bicyclic) bond motifs is 1. The van der Waals surface area contributed by atoms with Crippen LogP contribution >= 0.6 is 0 Å². The Kier molecular flexibility index (Phi) is 5.39. The third-order valence-corrected chi connectivity index (χ3v) is 7.74. The van der Waals surface area contributed by atoms with E-state index in [-0.39, 0.29) is 47.9 Å². The summed E-state index contributed by atoms with van der Waals surface area (Å²) in [5.41, 5.74) is -0.149. The third-order valence-electron chi connectivity index (χ3n) is 7.74. The second-order valence-corrected chi connectivity index (χ2v) is 8.93. The van der Waals surface area contributed by atoms with Crippen LogP contribution in [0.15, 0.2) is 0 Å². The van der Waals surface area contributed by atoms with E-state index >= 15 is 0 Å². The molecular formula is C20H34O4. The highest BCUT2D eigenvalue weighted by Crippen LogP contribution is 2.57. The first-order valence-electron chi connectivity index (χ1n) is 9.89. The quantitative estimate of drug-likeness (QED) is 0.736. The van der Waals surface area contributed by atoms with Gasteiger partial charge in [0.05, 0.1) is 12.2 Å². The topological polar surface area (TPSA) is 77.8 Å². The van der Waals surface area contributed by atoms with E-state index in [1.165, 1.54) is 0 Å². The van der Waals surface area contributed by atoms with Gasteiger partial charge in [-0.2, -0.15) is 0 Å². The average molecular weight is 338 g/mol. The summed E-state index contributed by atoms with van der Waals surface area (Å²) in [5, 5.41) is 29.7. The Hall–Kier alpha value is -0.450. The molecule has 138 valence electrons. The second-order valence-electron chi connectivity index (χ2n) is 8.93. The molecule has 3 saturated carbocycles. The summed E-state index contributed by atoms with van der Waals surface area (Å²) in [6, 6.07) is 0. The molecule has 3 N–H and O–H groups in total. The minimum Gasteiger partial charge on any atom is -0.396 e. The number of hydrogen-bond acceptors (Lipinski definition) is 4. The lowest BCUT2D eigenvalue weighted by molar-refractivity contribution is -0.139. The molecular weight excluding hydrogens is 304 g/mol. The molecule has 0 aromatic carbocycles. The summed E-state index contributed by atoms with van der Waals surface area (Å²) in [5.74, 6) is 1.46. The number of aliphatic hydroxyl groups is 3. The highest BCUT2D eigenvalue weighted by atomic mass is 16.3. The molecule has 0 bridgehead atoms. The largest absolute Gasteiger partial charge is 0.396 e. The van der Waals surface area contributed by atoms with Gasteiger partial charge in [0.2, 0.25) is 0 Å². The summed E-state index contributed by atoms with van der Waals surface area (Å²) in [6.07, 6.45) is 6.36. The zero-order valence-electron chi connectivity index (χ0n) is 15.2. The van der Waals surface area contributed by atoms with Crippen LogP contribution < -0.4 is 0 Å². The van der Waals surface area contributed by atoms with Gasteiger partial charge in [-0.3, -0.25) is 4.79 Å².